The summed E-state index contributed by atoms with van der Waals surface area (Å²) < 4.78 is 36.9. The summed E-state index contributed by atoms with van der Waals surface area (Å²) in [6, 6.07) is 15.7. The van der Waals surface area contributed by atoms with E-state index in [9.17, 15) is 18.0 Å². The van der Waals surface area contributed by atoms with Crippen LogP contribution in [-0.2, 0) is 4.79 Å². The third-order valence-corrected chi connectivity index (χ3v) is 6.31. The van der Waals surface area contributed by atoms with Gasteiger partial charge in [0, 0.05) is 37.6 Å². The molecule has 0 bridgehead atoms. The Hall–Kier alpha value is -4.09. The Morgan fingerprint density at radius 1 is 1.05 bits per heavy atom. The molecule has 210 valence electrons. The highest BCUT2D eigenvalue weighted by Crippen LogP contribution is 2.28. The number of nitrogens with one attached hydrogen (secondary N) is 2. The Morgan fingerprint density at radius 2 is 1.72 bits per heavy atom. The molecule has 1 amide bonds. The number of ether oxygens (including phenoxy) is 1. The number of para-hydroxylation sites is 1. The summed E-state index contributed by atoms with van der Waals surface area (Å²) in [6.45, 7) is 0.694. The number of methoxy groups -OCH3 is 1. The SMILES string of the molecule is COc1cccc(C(=O)NCC2CCC(Nc3nc(N(C)C)c4ccccc4n3)CC2)c1.O=C(O)C(F)(F)F. The quantitative estimate of drug-likeness (QED) is 0.389. The largest absolute Gasteiger partial charge is 0.497 e. The van der Waals surface area contributed by atoms with Gasteiger partial charge in [0.25, 0.3) is 5.91 Å². The highest BCUT2D eigenvalue weighted by atomic mass is 19.4. The van der Waals surface area contributed by atoms with Crippen LogP contribution in [0.2, 0.25) is 0 Å². The van der Waals surface area contributed by atoms with Gasteiger partial charge in [0.15, 0.2) is 0 Å². The first-order valence-corrected chi connectivity index (χ1v) is 12.4. The lowest BCUT2D eigenvalue weighted by Gasteiger charge is -2.29. The van der Waals surface area contributed by atoms with E-state index >= 15 is 0 Å². The van der Waals surface area contributed by atoms with Gasteiger partial charge in [-0.2, -0.15) is 18.2 Å². The zero-order chi connectivity index (χ0) is 28.6. The minimum atomic E-state index is -5.08. The number of fused-ring (bicyclic) bond motifs is 1. The van der Waals surface area contributed by atoms with Crippen molar-refractivity contribution in [3.05, 3.63) is 54.1 Å². The van der Waals surface area contributed by atoms with Crippen molar-refractivity contribution < 1.29 is 32.6 Å². The van der Waals surface area contributed by atoms with Gasteiger partial charge in [0.1, 0.15) is 11.6 Å². The predicted octanol–water partition coefficient (Wildman–Crippen LogP) is 4.74. The molecule has 39 heavy (non-hydrogen) atoms. The average molecular weight is 548 g/mol. The molecule has 3 N–H and O–H groups in total. The van der Waals surface area contributed by atoms with E-state index in [-0.39, 0.29) is 5.91 Å². The van der Waals surface area contributed by atoms with E-state index in [1.54, 1.807) is 13.2 Å². The molecule has 0 radical (unpaired) electrons. The van der Waals surface area contributed by atoms with E-state index in [2.05, 4.69) is 16.7 Å². The number of amides is 1. The fraction of sp³-hybridized carbons (Fsp3) is 0.407. The minimum absolute atomic E-state index is 0.0510. The number of alkyl halides is 3. The predicted molar refractivity (Wildman–Crippen MR) is 142 cm³/mol. The first-order chi connectivity index (χ1) is 18.5. The molecule has 1 aliphatic rings. The first-order valence-electron chi connectivity index (χ1n) is 12.4. The first kappa shape index (κ1) is 29.5. The zero-order valence-corrected chi connectivity index (χ0v) is 22.0. The number of carbonyl (C=O) groups excluding carboxylic acids is 1. The van der Waals surface area contributed by atoms with Gasteiger partial charge in [-0.1, -0.05) is 18.2 Å². The number of halogens is 3. The molecule has 9 nitrogen and oxygen atoms in total. The molecule has 1 saturated carbocycles. The summed E-state index contributed by atoms with van der Waals surface area (Å²) in [5.74, 6) is -0.0262. The number of anilines is 2. The Balaban J connectivity index is 0.000000532. The van der Waals surface area contributed by atoms with E-state index in [1.807, 2.05) is 55.4 Å². The van der Waals surface area contributed by atoms with Crippen molar-refractivity contribution in [2.75, 3.05) is 38.0 Å². The van der Waals surface area contributed by atoms with Gasteiger partial charge in [-0.25, -0.2) is 9.78 Å². The highest BCUT2D eigenvalue weighted by Gasteiger charge is 2.38. The number of rotatable bonds is 7. The number of nitrogens with zero attached hydrogens (tertiary/aromatic N) is 3. The smallest absolute Gasteiger partial charge is 0.490 e. The van der Waals surface area contributed by atoms with Crippen LogP contribution < -0.4 is 20.3 Å². The Morgan fingerprint density at radius 3 is 2.33 bits per heavy atom. The van der Waals surface area contributed by atoms with Crippen molar-refractivity contribution in [3.8, 4) is 5.75 Å². The lowest BCUT2D eigenvalue weighted by Crippen LogP contribution is -2.34. The van der Waals surface area contributed by atoms with E-state index in [1.165, 1.54) is 0 Å². The van der Waals surface area contributed by atoms with Crippen LogP contribution in [0.25, 0.3) is 10.9 Å². The molecule has 0 unspecified atom stereocenters. The molecular formula is C27H32F3N5O4. The molecule has 2 aromatic carbocycles. The molecule has 0 aliphatic heterocycles. The second kappa shape index (κ2) is 13.1. The topological polar surface area (TPSA) is 117 Å². The Labute approximate surface area is 224 Å². The summed E-state index contributed by atoms with van der Waals surface area (Å²) in [6.07, 6.45) is -0.894. The summed E-state index contributed by atoms with van der Waals surface area (Å²) in [5, 5.41) is 14.8. The van der Waals surface area contributed by atoms with E-state index < -0.39 is 12.1 Å². The maximum atomic E-state index is 12.5. The van der Waals surface area contributed by atoms with Crippen LogP contribution in [0.4, 0.5) is 24.9 Å². The number of carboxylic acid groups (broad SMARTS) is 1. The summed E-state index contributed by atoms with van der Waals surface area (Å²) in [5.41, 5.74) is 1.58. The molecule has 1 fully saturated rings. The van der Waals surface area contributed by atoms with E-state index in [0.717, 1.165) is 42.4 Å². The standard InChI is InChI=1S/C25H31N5O2.C2HF3O2/c1-30(2)23-21-9-4-5-10-22(21)28-25(29-23)27-19-13-11-17(12-14-19)16-26-24(31)18-7-6-8-20(15-18)32-3;3-2(4,5)1(6)7/h4-10,15,17,19H,11-14,16H2,1-3H3,(H,26,31)(H,27,28,29);(H,6,7). The fourth-order valence-corrected chi connectivity index (χ4v) is 4.26. The number of carbonyl (C=O) groups is 2. The Bertz CT molecular complexity index is 1280. The normalized spacial score (nSPS) is 17.0. The number of benzene rings is 2. The second-order valence-electron chi connectivity index (χ2n) is 9.39. The van der Waals surface area contributed by atoms with Crippen LogP contribution in [0, 0.1) is 5.92 Å². The lowest BCUT2D eigenvalue weighted by molar-refractivity contribution is -0.192. The van der Waals surface area contributed by atoms with Gasteiger partial charge >= 0.3 is 12.1 Å². The molecule has 0 atom stereocenters. The molecular weight excluding hydrogens is 515 g/mol. The summed E-state index contributed by atoms with van der Waals surface area (Å²) in [7, 11) is 5.61. The fourth-order valence-electron chi connectivity index (χ4n) is 4.26. The van der Waals surface area contributed by atoms with Crippen LogP contribution in [0.1, 0.15) is 36.0 Å². The van der Waals surface area contributed by atoms with Crippen LogP contribution in [0.5, 0.6) is 5.75 Å². The van der Waals surface area contributed by atoms with Crippen molar-refractivity contribution in [1.82, 2.24) is 15.3 Å². The van der Waals surface area contributed by atoms with E-state index in [4.69, 9.17) is 24.6 Å². The van der Waals surface area contributed by atoms with Crippen molar-refractivity contribution in [2.24, 2.45) is 5.92 Å². The summed E-state index contributed by atoms with van der Waals surface area (Å²) in [4.78, 5) is 32.9. The zero-order valence-electron chi connectivity index (χ0n) is 22.0. The average Bonchev–Trinajstić information content (AvgIpc) is 2.91. The molecule has 4 rings (SSSR count). The minimum Gasteiger partial charge on any atom is -0.497 e. The van der Waals surface area contributed by atoms with Crippen LogP contribution in [0.15, 0.2) is 48.5 Å². The molecule has 0 spiro atoms. The van der Waals surface area contributed by atoms with Gasteiger partial charge in [-0.3, -0.25) is 4.79 Å². The number of aliphatic carboxylic acids is 1. The molecule has 12 heteroatoms. The van der Waals surface area contributed by atoms with Gasteiger partial charge in [-0.15, -0.1) is 0 Å². The van der Waals surface area contributed by atoms with Crippen molar-refractivity contribution in [2.45, 2.75) is 37.9 Å². The molecule has 3 aromatic rings. The number of hydrogen-bond acceptors (Lipinski definition) is 7. The van der Waals surface area contributed by atoms with Crippen molar-refractivity contribution in [3.63, 3.8) is 0 Å². The van der Waals surface area contributed by atoms with Gasteiger partial charge in [0.2, 0.25) is 5.95 Å². The van der Waals surface area contributed by atoms with Crippen LogP contribution in [0.3, 0.4) is 0 Å². The highest BCUT2D eigenvalue weighted by molar-refractivity contribution is 5.94. The van der Waals surface area contributed by atoms with Crippen molar-refractivity contribution in [1.29, 1.82) is 0 Å². The molecule has 0 saturated heterocycles. The van der Waals surface area contributed by atoms with Gasteiger partial charge < -0.3 is 25.4 Å². The third kappa shape index (κ3) is 8.45. The molecule has 1 aliphatic carbocycles. The Kier molecular flexibility index (Phi) is 9.91. The maximum Gasteiger partial charge on any atom is 0.490 e. The van der Waals surface area contributed by atoms with Gasteiger partial charge in [0.05, 0.1) is 12.6 Å². The number of hydrogen-bond donors (Lipinski definition) is 3. The monoisotopic (exact) mass is 547 g/mol. The molecule has 1 heterocycles. The third-order valence-electron chi connectivity index (χ3n) is 6.31. The van der Waals surface area contributed by atoms with Crippen LogP contribution in [-0.4, -0.2) is 66.9 Å². The van der Waals surface area contributed by atoms with Gasteiger partial charge in [-0.05, 0) is 61.9 Å². The van der Waals surface area contributed by atoms with Crippen molar-refractivity contribution >= 4 is 34.5 Å². The summed E-state index contributed by atoms with van der Waals surface area (Å²) >= 11 is 0. The van der Waals surface area contributed by atoms with E-state index in [0.29, 0.717) is 35.8 Å². The number of aromatic nitrogens is 2. The molecule has 1 aromatic heterocycles. The second-order valence-corrected chi connectivity index (χ2v) is 9.39. The van der Waals surface area contributed by atoms with Crippen LogP contribution >= 0.6 is 0 Å². The maximum absolute atomic E-state index is 12.5. The number of carboxylic acids is 1. The lowest BCUT2D eigenvalue weighted by atomic mass is 9.86.